The Morgan fingerprint density at radius 1 is 1.19 bits per heavy atom. The lowest BCUT2D eigenvalue weighted by atomic mass is 9.66. The van der Waals surface area contributed by atoms with Crippen LogP contribution in [0.1, 0.15) is 49.3 Å². The van der Waals surface area contributed by atoms with Crippen molar-refractivity contribution in [1.82, 2.24) is 0 Å². The second-order valence-corrected chi connectivity index (χ2v) is 9.11. The molecule has 2 aliphatic rings. The number of aliphatic hydroxyl groups is 1. The first kappa shape index (κ1) is 21.7. The molecule has 0 aromatic heterocycles. The summed E-state index contributed by atoms with van der Waals surface area (Å²) in [5, 5.41) is 24.5. The number of phenols is 1. The van der Waals surface area contributed by atoms with Crippen molar-refractivity contribution in [3.05, 3.63) is 53.6 Å². The zero-order chi connectivity index (χ0) is 22.0. The van der Waals surface area contributed by atoms with Gasteiger partial charge in [0.05, 0.1) is 19.3 Å². The van der Waals surface area contributed by atoms with Gasteiger partial charge in [0, 0.05) is 23.6 Å². The first-order valence-corrected chi connectivity index (χ1v) is 11.2. The van der Waals surface area contributed by atoms with E-state index in [-0.39, 0.29) is 23.6 Å². The van der Waals surface area contributed by atoms with Gasteiger partial charge in [-0.3, -0.25) is 4.79 Å². The summed E-state index contributed by atoms with van der Waals surface area (Å²) >= 11 is 0. The molecule has 4 atom stereocenters. The van der Waals surface area contributed by atoms with Crippen molar-refractivity contribution in [3.63, 3.8) is 0 Å². The molecule has 0 bridgehead atoms. The van der Waals surface area contributed by atoms with Gasteiger partial charge in [0.15, 0.2) is 18.0 Å². The zero-order valence-electron chi connectivity index (χ0n) is 18.4. The van der Waals surface area contributed by atoms with Gasteiger partial charge in [-0.25, -0.2) is 0 Å². The van der Waals surface area contributed by atoms with Crippen LogP contribution in [-0.2, 0) is 4.79 Å². The fourth-order valence-corrected chi connectivity index (χ4v) is 5.46. The molecule has 6 nitrogen and oxygen atoms in total. The van der Waals surface area contributed by atoms with E-state index in [4.69, 9.17) is 4.74 Å². The minimum atomic E-state index is -0.690. The van der Waals surface area contributed by atoms with Crippen molar-refractivity contribution < 1.29 is 24.6 Å². The van der Waals surface area contributed by atoms with Gasteiger partial charge in [0.25, 0.3) is 5.91 Å². The summed E-state index contributed by atoms with van der Waals surface area (Å²) < 4.78 is 5.34. The quantitative estimate of drug-likeness (QED) is 0.594. The van der Waals surface area contributed by atoms with Crippen LogP contribution < -0.4 is 15.0 Å². The number of rotatable bonds is 5. The highest BCUT2D eigenvalue weighted by Crippen LogP contribution is 2.45. The maximum absolute atomic E-state index is 12.9. The molecule has 166 valence electrons. The number of methoxy groups -OCH3 is 1. The molecular formula is C25H33N2O4+. The van der Waals surface area contributed by atoms with Crippen molar-refractivity contribution in [2.75, 3.05) is 25.5 Å². The molecule has 6 heteroatoms. The number of aromatic hydroxyl groups is 1. The van der Waals surface area contributed by atoms with Crippen molar-refractivity contribution in [3.8, 4) is 11.5 Å². The van der Waals surface area contributed by atoms with Crippen LogP contribution in [-0.4, -0.2) is 41.9 Å². The molecule has 2 aromatic rings. The second kappa shape index (κ2) is 8.89. The van der Waals surface area contributed by atoms with Gasteiger partial charge in [0.1, 0.15) is 6.04 Å². The van der Waals surface area contributed by atoms with E-state index in [1.165, 1.54) is 7.11 Å². The summed E-state index contributed by atoms with van der Waals surface area (Å²) in [6.45, 7) is 3.07. The number of carbonyl (C=O) groups is 1. The number of ether oxygens (including phenoxy) is 1. The predicted octanol–water partition coefficient (Wildman–Crippen LogP) is 2.60. The van der Waals surface area contributed by atoms with Gasteiger partial charge in [-0.05, 0) is 50.1 Å². The number of carbonyl (C=O) groups excluding carboxylic acids is 1. The maximum atomic E-state index is 12.9. The summed E-state index contributed by atoms with van der Waals surface area (Å²) in [5.41, 5.74) is 2.25. The SMILES string of the molecule is COc1cc([C@@H]2[C@H]3CCCC[C@@]3(O)CC[NH+]2CC(=O)Nc2ccc(C)cc2)ccc1O. The van der Waals surface area contributed by atoms with E-state index in [2.05, 4.69) is 5.32 Å². The number of aryl methyl sites for hydroxylation is 1. The van der Waals surface area contributed by atoms with Crippen molar-refractivity contribution in [1.29, 1.82) is 0 Å². The molecule has 1 aliphatic heterocycles. The van der Waals surface area contributed by atoms with E-state index in [1.807, 2.05) is 43.3 Å². The predicted molar refractivity (Wildman–Crippen MR) is 119 cm³/mol. The minimum absolute atomic E-state index is 0.0303. The second-order valence-electron chi connectivity index (χ2n) is 9.11. The molecule has 0 radical (unpaired) electrons. The molecule has 1 aliphatic carbocycles. The Bertz CT molecular complexity index is 930. The Labute approximate surface area is 183 Å². The van der Waals surface area contributed by atoms with E-state index >= 15 is 0 Å². The number of hydrogen-bond donors (Lipinski definition) is 4. The van der Waals surface area contributed by atoms with E-state index in [0.717, 1.165) is 53.9 Å². The molecule has 1 amide bonds. The van der Waals surface area contributed by atoms with E-state index in [0.29, 0.717) is 18.7 Å². The number of phenolic OH excluding ortho intramolecular Hbond substituents is 1. The van der Waals surface area contributed by atoms with Crippen LogP contribution in [0, 0.1) is 12.8 Å². The molecule has 2 aromatic carbocycles. The monoisotopic (exact) mass is 425 g/mol. The van der Waals surface area contributed by atoms with E-state index < -0.39 is 5.60 Å². The Morgan fingerprint density at radius 2 is 1.97 bits per heavy atom. The number of benzene rings is 2. The number of piperidine rings is 1. The van der Waals surface area contributed by atoms with Gasteiger partial charge in [-0.15, -0.1) is 0 Å². The Balaban J connectivity index is 1.60. The third-order valence-corrected chi connectivity index (χ3v) is 7.07. The minimum Gasteiger partial charge on any atom is -0.504 e. The third-order valence-electron chi connectivity index (χ3n) is 7.07. The van der Waals surface area contributed by atoms with Gasteiger partial charge in [0.2, 0.25) is 0 Å². The number of amides is 1. The lowest BCUT2D eigenvalue weighted by Crippen LogP contribution is -3.16. The molecular weight excluding hydrogens is 392 g/mol. The molecule has 4 N–H and O–H groups in total. The Hall–Kier alpha value is -2.57. The van der Waals surface area contributed by atoms with E-state index in [1.54, 1.807) is 6.07 Å². The third kappa shape index (κ3) is 4.55. The van der Waals surface area contributed by atoms with Crippen LogP contribution in [0.4, 0.5) is 5.69 Å². The number of fused-ring (bicyclic) bond motifs is 1. The summed E-state index contributed by atoms with van der Waals surface area (Å²) in [6.07, 6.45) is 4.58. The molecule has 1 heterocycles. The lowest BCUT2D eigenvalue weighted by molar-refractivity contribution is -0.937. The number of hydrogen-bond acceptors (Lipinski definition) is 4. The van der Waals surface area contributed by atoms with Gasteiger partial charge < -0.3 is 25.2 Å². The number of anilines is 1. The zero-order valence-corrected chi connectivity index (χ0v) is 18.4. The highest BCUT2D eigenvalue weighted by molar-refractivity contribution is 5.91. The van der Waals surface area contributed by atoms with Gasteiger partial charge in [-0.2, -0.15) is 0 Å². The summed E-state index contributed by atoms with van der Waals surface area (Å²) in [7, 11) is 1.54. The van der Waals surface area contributed by atoms with Gasteiger partial charge in [-0.1, -0.05) is 30.5 Å². The van der Waals surface area contributed by atoms with Gasteiger partial charge >= 0.3 is 0 Å². The van der Waals surface area contributed by atoms with Crippen molar-refractivity contribution >= 4 is 11.6 Å². The highest BCUT2D eigenvalue weighted by Gasteiger charge is 2.52. The summed E-state index contributed by atoms with van der Waals surface area (Å²) in [4.78, 5) is 14.0. The first-order valence-electron chi connectivity index (χ1n) is 11.2. The summed E-state index contributed by atoms with van der Waals surface area (Å²) in [6, 6.07) is 13.2. The highest BCUT2D eigenvalue weighted by atomic mass is 16.5. The van der Waals surface area contributed by atoms with Crippen molar-refractivity contribution in [2.24, 2.45) is 5.92 Å². The van der Waals surface area contributed by atoms with Crippen LogP contribution in [0.15, 0.2) is 42.5 Å². The molecule has 4 rings (SSSR count). The van der Waals surface area contributed by atoms with Crippen LogP contribution >= 0.6 is 0 Å². The smallest absolute Gasteiger partial charge is 0.279 e. The van der Waals surface area contributed by atoms with Crippen LogP contribution in [0.2, 0.25) is 0 Å². The molecule has 1 saturated heterocycles. The van der Waals surface area contributed by atoms with Crippen LogP contribution in [0.25, 0.3) is 0 Å². The normalized spacial score (nSPS) is 27.9. The number of quaternary nitrogens is 1. The average Bonchev–Trinajstić information content (AvgIpc) is 2.76. The van der Waals surface area contributed by atoms with Crippen LogP contribution in [0.3, 0.4) is 0 Å². The molecule has 0 spiro atoms. The average molecular weight is 426 g/mol. The molecule has 1 saturated carbocycles. The van der Waals surface area contributed by atoms with Crippen molar-refractivity contribution in [2.45, 2.75) is 50.7 Å². The molecule has 31 heavy (non-hydrogen) atoms. The Morgan fingerprint density at radius 3 is 2.71 bits per heavy atom. The van der Waals surface area contributed by atoms with E-state index in [9.17, 15) is 15.0 Å². The Kier molecular flexibility index (Phi) is 6.21. The summed E-state index contributed by atoms with van der Waals surface area (Å²) in [5.74, 6) is 0.563. The lowest BCUT2D eigenvalue weighted by Gasteiger charge is -2.50. The fourth-order valence-electron chi connectivity index (χ4n) is 5.46. The molecule has 2 fully saturated rings. The topological polar surface area (TPSA) is 83.2 Å². The fraction of sp³-hybridized carbons (Fsp3) is 0.480. The number of nitrogens with one attached hydrogen (secondary N) is 2. The standard InChI is InChI=1S/C25H32N2O4/c1-17-6-9-19(10-7-17)26-23(29)16-27-14-13-25(30)12-4-3-5-20(25)24(27)18-8-11-21(28)22(15-18)31-2/h6-11,15,20,24,28,30H,3-5,12-14,16H2,1-2H3,(H,26,29)/p+1/t20-,24-,25-/m1/s1. The maximum Gasteiger partial charge on any atom is 0.279 e. The number of likely N-dealkylation sites (tertiary alicyclic amines) is 1. The first-order chi connectivity index (χ1) is 14.9. The van der Waals surface area contributed by atoms with Crippen LogP contribution in [0.5, 0.6) is 11.5 Å². The largest absolute Gasteiger partial charge is 0.504 e. The molecule has 1 unspecified atom stereocenters.